The Morgan fingerprint density at radius 3 is 1.30 bits per heavy atom. The monoisotopic (exact) mass is 478 g/mol. The maximum atomic E-state index is 11.4. The van der Waals surface area contributed by atoms with Crippen LogP contribution in [0.5, 0.6) is 0 Å². The van der Waals surface area contributed by atoms with Crippen molar-refractivity contribution in [2.24, 2.45) is 0 Å². The lowest BCUT2D eigenvalue weighted by Crippen LogP contribution is -1.98. The van der Waals surface area contributed by atoms with E-state index in [-0.39, 0.29) is 9.81 Å². The van der Waals surface area contributed by atoms with Gasteiger partial charge in [-0.15, -0.1) is 0 Å². The van der Waals surface area contributed by atoms with Crippen molar-refractivity contribution in [3.05, 3.63) is 104 Å². The number of rotatable bonds is 9. The number of hydrogen-bond donors (Lipinski definition) is 2. The molecule has 0 saturated carbocycles. The minimum Gasteiger partial charge on any atom is -0.477 e. The van der Waals surface area contributed by atoms with E-state index < -0.39 is 11.9 Å². The highest BCUT2D eigenvalue weighted by Crippen LogP contribution is 2.36. The number of benzene rings is 2. The van der Waals surface area contributed by atoms with Crippen LogP contribution >= 0.6 is 44.8 Å². The molecule has 0 aromatic heterocycles. The summed E-state index contributed by atoms with van der Waals surface area (Å²) in [4.78, 5) is 22.9. The van der Waals surface area contributed by atoms with Gasteiger partial charge in [-0.05, 0) is 69.1 Å². The van der Waals surface area contributed by atoms with Crippen molar-refractivity contribution in [3.63, 3.8) is 0 Å². The molecule has 154 valence electrons. The first-order valence-corrected chi connectivity index (χ1v) is 11.3. The van der Waals surface area contributed by atoms with Gasteiger partial charge in [0.05, 0.1) is 0 Å². The molecule has 0 aliphatic carbocycles. The quantitative estimate of drug-likeness (QED) is 0.228. The van der Waals surface area contributed by atoms with Crippen LogP contribution in [0.15, 0.2) is 82.6 Å². The SMILES string of the molecule is O=C(O)/C(=C/C=C/c1ccc(Cl)cc1)SS/C(=C\C=C\c1ccc(Cl)cc1)C(=O)O. The smallest absolute Gasteiger partial charge is 0.343 e. The zero-order valence-electron chi connectivity index (χ0n) is 15.4. The van der Waals surface area contributed by atoms with Crippen LogP contribution in [0.1, 0.15) is 11.1 Å². The summed E-state index contributed by atoms with van der Waals surface area (Å²) in [5.74, 6) is -2.29. The summed E-state index contributed by atoms with van der Waals surface area (Å²) >= 11 is 11.7. The van der Waals surface area contributed by atoms with E-state index in [1.165, 1.54) is 12.2 Å². The lowest BCUT2D eigenvalue weighted by Gasteiger charge is -2.02. The number of aliphatic carboxylic acids is 2. The van der Waals surface area contributed by atoms with Gasteiger partial charge in [-0.3, -0.25) is 0 Å². The average molecular weight is 479 g/mol. The molecule has 0 saturated heterocycles. The number of halogens is 2. The Labute approximate surface area is 192 Å². The Bertz CT molecular complexity index is 925. The third-order valence-corrected chi connectivity index (χ3v) is 6.35. The first-order valence-electron chi connectivity index (χ1n) is 8.44. The molecular formula is C22H16Cl2O4S2. The predicted octanol–water partition coefficient (Wildman–Crippen LogP) is 7.04. The van der Waals surface area contributed by atoms with E-state index in [9.17, 15) is 19.8 Å². The molecule has 0 aliphatic heterocycles. The number of carbonyl (C=O) groups is 2. The number of hydrogen-bond acceptors (Lipinski definition) is 4. The second-order valence-electron chi connectivity index (χ2n) is 5.66. The van der Waals surface area contributed by atoms with E-state index in [4.69, 9.17) is 23.2 Å². The van der Waals surface area contributed by atoms with Gasteiger partial charge in [0.1, 0.15) is 9.81 Å². The van der Waals surface area contributed by atoms with Crippen LogP contribution in [0.4, 0.5) is 0 Å². The summed E-state index contributed by atoms with van der Waals surface area (Å²) in [6, 6.07) is 14.1. The summed E-state index contributed by atoms with van der Waals surface area (Å²) in [7, 11) is 1.71. The molecule has 0 aliphatic rings. The standard InChI is InChI=1S/C22H16Cl2O4S2/c23-17-11-7-15(8-12-17)3-1-5-19(21(25)26)29-30-20(22(27)28)6-2-4-16-9-13-18(24)14-10-16/h1-14H,(H,25,26)(H,27,28)/b3-1+,4-2+,19-5-,20-6-. The molecule has 0 unspecified atom stereocenters. The Balaban J connectivity index is 2.05. The lowest BCUT2D eigenvalue weighted by atomic mass is 10.2. The van der Waals surface area contributed by atoms with Crippen LogP contribution in [0, 0.1) is 0 Å². The maximum Gasteiger partial charge on any atom is 0.343 e. The Kier molecular flexibility index (Phi) is 9.83. The van der Waals surface area contributed by atoms with Crippen LogP contribution in [-0.4, -0.2) is 22.2 Å². The normalized spacial score (nSPS) is 12.6. The molecule has 0 bridgehead atoms. The van der Waals surface area contributed by atoms with Crippen LogP contribution in [0.3, 0.4) is 0 Å². The third kappa shape index (κ3) is 8.55. The van der Waals surface area contributed by atoms with Crippen LogP contribution in [-0.2, 0) is 9.59 Å². The summed E-state index contributed by atoms with van der Waals surface area (Å²) < 4.78 is 0. The topological polar surface area (TPSA) is 74.6 Å². The van der Waals surface area contributed by atoms with Crippen LogP contribution < -0.4 is 0 Å². The molecule has 0 amide bonds. The minimum atomic E-state index is -1.14. The minimum absolute atomic E-state index is 0.000885. The molecule has 30 heavy (non-hydrogen) atoms. The second-order valence-corrected chi connectivity index (χ2v) is 8.75. The lowest BCUT2D eigenvalue weighted by molar-refractivity contribution is -0.132. The average Bonchev–Trinajstić information content (AvgIpc) is 2.71. The highest BCUT2D eigenvalue weighted by molar-refractivity contribution is 8.80. The molecule has 0 radical (unpaired) electrons. The zero-order chi connectivity index (χ0) is 21.9. The largest absolute Gasteiger partial charge is 0.477 e. The molecule has 8 heteroatoms. The fourth-order valence-electron chi connectivity index (χ4n) is 2.00. The van der Waals surface area contributed by atoms with Gasteiger partial charge in [0.2, 0.25) is 0 Å². The van der Waals surface area contributed by atoms with Gasteiger partial charge < -0.3 is 10.2 Å². The van der Waals surface area contributed by atoms with Crippen molar-refractivity contribution < 1.29 is 19.8 Å². The van der Waals surface area contributed by atoms with Gasteiger partial charge in [-0.25, -0.2) is 9.59 Å². The summed E-state index contributed by atoms with van der Waals surface area (Å²) in [5, 5.41) is 19.9. The van der Waals surface area contributed by atoms with Crippen molar-refractivity contribution in [2.45, 2.75) is 0 Å². The summed E-state index contributed by atoms with van der Waals surface area (Å²) in [6.45, 7) is 0. The van der Waals surface area contributed by atoms with Gasteiger partial charge in [-0.1, -0.05) is 71.8 Å². The molecule has 0 heterocycles. The van der Waals surface area contributed by atoms with Gasteiger partial charge in [0.25, 0.3) is 0 Å². The maximum absolute atomic E-state index is 11.4. The van der Waals surface area contributed by atoms with E-state index in [2.05, 4.69) is 0 Å². The number of carboxylic acid groups (broad SMARTS) is 2. The van der Waals surface area contributed by atoms with Gasteiger partial charge in [0.15, 0.2) is 0 Å². The van der Waals surface area contributed by atoms with Crippen molar-refractivity contribution in [1.29, 1.82) is 0 Å². The first kappa shape index (κ1) is 23.9. The van der Waals surface area contributed by atoms with E-state index in [0.29, 0.717) is 10.0 Å². The predicted molar refractivity (Wildman–Crippen MR) is 128 cm³/mol. The molecule has 2 N–H and O–H groups in total. The third-order valence-electron chi connectivity index (χ3n) is 3.46. The Hall–Kier alpha value is -2.38. The molecule has 2 aromatic carbocycles. The fourth-order valence-corrected chi connectivity index (χ4v) is 4.14. The molecular weight excluding hydrogens is 463 g/mol. The molecule has 0 atom stereocenters. The highest BCUT2D eigenvalue weighted by Gasteiger charge is 2.13. The van der Waals surface area contributed by atoms with Gasteiger partial charge in [0, 0.05) is 10.0 Å². The second kappa shape index (κ2) is 12.3. The number of allylic oxidation sites excluding steroid dienone is 4. The molecule has 0 fully saturated rings. The van der Waals surface area contributed by atoms with Crippen molar-refractivity contribution in [3.8, 4) is 0 Å². The highest BCUT2D eigenvalue weighted by atomic mass is 35.5. The van der Waals surface area contributed by atoms with Gasteiger partial charge in [-0.2, -0.15) is 0 Å². The van der Waals surface area contributed by atoms with E-state index in [1.807, 2.05) is 0 Å². The fraction of sp³-hybridized carbons (Fsp3) is 0. The first-order chi connectivity index (χ1) is 14.3. The van der Waals surface area contributed by atoms with Crippen molar-refractivity contribution in [1.82, 2.24) is 0 Å². The van der Waals surface area contributed by atoms with E-state index in [1.54, 1.807) is 72.8 Å². The molecule has 4 nitrogen and oxygen atoms in total. The van der Waals surface area contributed by atoms with E-state index in [0.717, 1.165) is 32.7 Å². The molecule has 2 rings (SSSR count). The van der Waals surface area contributed by atoms with Crippen LogP contribution in [0.2, 0.25) is 10.0 Å². The van der Waals surface area contributed by atoms with Crippen molar-refractivity contribution in [2.75, 3.05) is 0 Å². The summed E-state index contributed by atoms with van der Waals surface area (Å²) in [6.07, 6.45) is 9.46. The number of carboxylic acids is 2. The Morgan fingerprint density at radius 1 is 0.667 bits per heavy atom. The molecule has 2 aromatic rings. The molecule has 0 spiro atoms. The Morgan fingerprint density at radius 2 is 1.00 bits per heavy atom. The van der Waals surface area contributed by atoms with Gasteiger partial charge >= 0.3 is 11.9 Å². The zero-order valence-corrected chi connectivity index (χ0v) is 18.5. The van der Waals surface area contributed by atoms with E-state index >= 15 is 0 Å². The van der Waals surface area contributed by atoms with Crippen molar-refractivity contribution >= 4 is 68.9 Å². The van der Waals surface area contributed by atoms with Crippen LogP contribution in [0.25, 0.3) is 12.2 Å². The summed E-state index contributed by atoms with van der Waals surface area (Å²) in [5.41, 5.74) is 1.72.